The van der Waals surface area contributed by atoms with E-state index in [4.69, 9.17) is 28.2 Å². The predicted octanol–water partition coefficient (Wildman–Crippen LogP) is 3.88. The van der Waals surface area contributed by atoms with E-state index in [0.29, 0.717) is 29.4 Å². The number of carbonyl (C=O) groups excluding carboxylic acids is 2. The lowest BCUT2D eigenvalue weighted by atomic mass is 10.2. The number of anilines is 2. The standard InChI is InChI=1S/C22H21ClN4O3S/c1-14(28)26-8-10-27(11-9-26)18-7-6-16(13-17(18)23)24-22(31)25-21(29)20-12-15-4-2-3-5-19(15)30-20/h2-7,12-13H,8-11H2,1H3,(H2,24,25,29,31). The number of piperazine rings is 1. The fourth-order valence-electron chi connectivity index (χ4n) is 3.52. The predicted molar refractivity (Wildman–Crippen MR) is 126 cm³/mol. The molecule has 1 aromatic heterocycles. The molecular formula is C22H21ClN4O3S. The van der Waals surface area contributed by atoms with Crippen LogP contribution in [0.3, 0.4) is 0 Å². The van der Waals surface area contributed by atoms with Crippen molar-refractivity contribution in [1.29, 1.82) is 0 Å². The van der Waals surface area contributed by atoms with Crippen molar-refractivity contribution in [3.63, 3.8) is 0 Å². The number of amides is 2. The Hall–Kier alpha value is -3.10. The van der Waals surface area contributed by atoms with Crippen LogP contribution in [-0.2, 0) is 4.79 Å². The number of fused-ring (bicyclic) bond motifs is 1. The van der Waals surface area contributed by atoms with Crippen LogP contribution in [0.15, 0.2) is 52.9 Å². The first-order chi connectivity index (χ1) is 14.9. The second kappa shape index (κ2) is 8.95. The van der Waals surface area contributed by atoms with Crippen LogP contribution >= 0.6 is 23.8 Å². The molecule has 1 saturated heterocycles. The zero-order valence-electron chi connectivity index (χ0n) is 16.9. The summed E-state index contributed by atoms with van der Waals surface area (Å²) < 4.78 is 5.55. The Bertz CT molecular complexity index is 1120. The highest BCUT2D eigenvalue weighted by molar-refractivity contribution is 7.80. The first-order valence-corrected chi connectivity index (χ1v) is 10.6. The summed E-state index contributed by atoms with van der Waals surface area (Å²) in [5.74, 6) is -0.160. The second-order valence-corrected chi connectivity index (χ2v) is 8.03. The number of benzene rings is 2. The lowest BCUT2D eigenvalue weighted by Crippen LogP contribution is -2.48. The lowest BCUT2D eigenvalue weighted by molar-refractivity contribution is -0.129. The van der Waals surface area contributed by atoms with Gasteiger partial charge in [-0.3, -0.25) is 14.9 Å². The normalized spacial score (nSPS) is 13.9. The quantitative estimate of drug-likeness (QED) is 0.582. The van der Waals surface area contributed by atoms with Crippen molar-refractivity contribution in [3.05, 3.63) is 59.3 Å². The molecule has 1 aliphatic heterocycles. The average molecular weight is 457 g/mol. The van der Waals surface area contributed by atoms with Gasteiger partial charge in [-0.2, -0.15) is 0 Å². The number of halogens is 1. The number of para-hydroxylation sites is 1. The maximum Gasteiger partial charge on any atom is 0.293 e. The van der Waals surface area contributed by atoms with Crippen LogP contribution < -0.4 is 15.5 Å². The van der Waals surface area contributed by atoms with Gasteiger partial charge in [0.1, 0.15) is 5.58 Å². The second-order valence-electron chi connectivity index (χ2n) is 7.22. The Labute approximate surface area is 189 Å². The number of thiocarbonyl (C=S) groups is 1. The van der Waals surface area contributed by atoms with Crippen molar-refractivity contribution in [2.24, 2.45) is 0 Å². The summed E-state index contributed by atoms with van der Waals surface area (Å²) in [7, 11) is 0. The molecule has 2 amide bonds. The monoisotopic (exact) mass is 456 g/mol. The van der Waals surface area contributed by atoms with Crippen molar-refractivity contribution in [1.82, 2.24) is 10.2 Å². The van der Waals surface area contributed by atoms with Crippen LogP contribution in [-0.4, -0.2) is 48.0 Å². The minimum absolute atomic E-state index is 0.0866. The summed E-state index contributed by atoms with van der Waals surface area (Å²) in [5, 5.41) is 7.14. The van der Waals surface area contributed by atoms with Gasteiger partial charge in [-0.1, -0.05) is 29.8 Å². The van der Waals surface area contributed by atoms with Crippen LogP contribution in [0.25, 0.3) is 11.0 Å². The molecule has 9 heteroatoms. The molecule has 0 spiro atoms. The van der Waals surface area contributed by atoms with E-state index in [-0.39, 0.29) is 16.8 Å². The number of hydrogen-bond acceptors (Lipinski definition) is 5. The topological polar surface area (TPSA) is 77.8 Å². The minimum Gasteiger partial charge on any atom is -0.451 e. The van der Waals surface area contributed by atoms with Gasteiger partial charge in [-0.25, -0.2) is 0 Å². The average Bonchev–Trinajstić information content (AvgIpc) is 3.18. The molecule has 0 bridgehead atoms. The third kappa shape index (κ3) is 4.81. The summed E-state index contributed by atoms with van der Waals surface area (Å²) in [6.45, 7) is 4.36. The van der Waals surface area contributed by atoms with Gasteiger partial charge in [0.05, 0.1) is 10.7 Å². The Morgan fingerprint density at radius 2 is 1.81 bits per heavy atom. The highest BCUT2D eigenvalue weighted by Gasteiger charge is 2.20. The number of carbonyl (C=O) groups is 2. The van der Waals surface area contributed by atoms with Crippen molar-refractivity contribution >= 4 is 63.1 Å². The van der Waals surface area contributed by atoms with E-state index in [1.165, 1.54) is 0 Å². The van der Waals surface area contributed by atoms with E-state index in [1.54, 1.807) is 25.1 Å². The third-order valence-corrected chi connectivity index (χ3v) is 5.65. The van der Waals surface area contributed by atoms with E-state index >= 15 is 0 Å². The minimum atomic E-state index is -0.431. The highest BCUT2D eigenvalue weighted by atomic mass is 35.5. The van der Waals surface area contributed by atoms with Gasteiger partial charge in [-0.05, 0) is 42.5 Å². The number of nitrogens with one attached hydrogen (secondary N) is 2. The van der Waals surface area contributed by atoms with Crippen molar-refractivity contribution in [2.75, 3.05) is 36.4 Å². The Balaban J connectivity index is 1.37. The van der Waals surface area contributed by atoms with Crippen LogP contribution in [0.5, 0.6) is 0 Å². The molecule has 4 rings (SSSR count). The van der Waals surface area contributed by atoms with Crippen LogP contribution in [0, 0.1) is 0 Å². The number of furan rings is 1. The molecule has 2 aromatic carbocycles. The van der Waals surface area contributed by atoms with Crippen LogP contribution in [0.4, 0.5) is 11.4 Å². The highest BCUT2D eigenvalue weighted by Crippen LogP contribution is 2.29. The fraction of sp³-hybridized carbons (Fsp3) is 0.227. The summed E-state index contributed by atoms with van der Waals surface area (Å²) in [5.41, 5.74) is 2.19. The van der Waals surface area contributed by atoms with E-state index in [2.05, 4.69) is 15.5 Å². The summed E-state index contributed by atoms with van der Waals surface area (Å²) in [4.78, 5) is 27.9. The first-order valence-electron chi connectivity index (χ1n) is 9.81. The molecule has 31 heavy (non-hydrogen) atoms. The number of hydrogen-bond donors (Lipinski definition) is 2. The van der Waals surface area contributed by atoms with Crippen molar-refractivity contribution in [3.8, 4) is 0 Å². The number of rotatable bonds is 3. The molecule has 2 N–H and O–H groups in total. The van der Waals surface area contributed by atoms with Gasteiger partial charge in [0.25, 0.3) is 5.91 Å². The van der Waals surface area contributed by atoms with Gasteiger partial charge in [0, 0.05) is 44.2 Å². The maximum absolute atomic E-state index is 12.4. The van der Waals surface area contributed by atoms with E-state index in [0.717, 1.165) is 24.2 Å². The maximum atomic E-state index is 12.4. The van der Waals surface area contributed by atoms with Gasteiger partial charge in [0.2, 0.25) is 5.91 Å². The zero-order valence-corrected chi connectivity index (χ0v) is 18.4. The first kappa shape index (κ1) is 21.1. The SMILES string of the molecule is CC(=O)N1CCN(c2ccc(NC(=S)NC(=O)c3cc4ccccc4o3)cc2Cl)CC1. The van der Waals surface area contributed by atoms with Crippen LogP contribution in [0.2, 0.25) is 5.02 Å². The molecule has 0 aliphatic carbocycles. The molecule has 3 aromatic rings. The zero-order chi connectivity index (χ0) is 22.0. The van der Waals surface area contributed by atoms with Gasteiger partial charge in [0.15, 0.2) is 10.9 Å². The Morgan fingerprint density at radius 3 is 2.48 bits per heavy atom. The summed E-state index contributed by atoms with van der Waals surface area (Å²) in [6, 6.07) is 14.6. The molecule has 160 valence electrons. The summed E-state index contributed by atoms with van der Waals surface area (Å²) >= 11 is 11.7. The molecule has 0 unspecified atom stereocenters. The van der Waals surface area contributed by atoms with Gasteiger partial charge < -0.3 is 19.5 Å². The molecule has 7 nitrogen and oxygen atoms in total. The smallest absolute Gasteiger partial charge is 0.293 e. The molecule has 1 aliphatic rings. The third-order valence-electron chi connectivity index (χ3n) is 5.15. The fourth-order valence-corrected chi connectivity index (χ4v) is 4.03. The van der Waals surface area contributed by atoms with Crippen molar-refractivity contribution in [2.45, 2.75) is 6.92 Å². The summed E-state index contributed by atoms with van der Waals surface area (Å²) in [6.07, 6.45) is 0. The molecule has 0 saturated carbocycles. The largest absolute Gasteiger partial charge is 0.451 e. The van der Waals surface area contributed by atoms with Crippen molar-refractivity contribution < 1.29 is 14.0 Å². The van der Waals surface area contributed by atoms with E-state index in [9.17, 15) is 9.59 Å². The lowest BCUT2D eigenvalue weighted by Gasteiger charge is -2.36. The van der Waals surface area contributed by atoms with Gasteiger partial charge >= 0.3 is 0 Å². The molecule has 0 atom stereocenters. The molecule has 1 fully saturated rings. The molecule has 0 radical (unpaired) electrons. The van der Waals surface area contributed by atoms with E-state index < -0.39 is 5.91 Å². The Kier molecular flexibility index (Phi) is 6.11. The van der Waals surface area contributed by atoms with Crippen LogP contribution in [0.1, 0.15) is 17.5 Å². The molecular weight excluding hydrogens is 436 g/mol. The number of nitrogens with zero attached hydrogens (tertiary/aromatic N) is 2. The molecule has 2 heterocycles. The van der Waals surface area contributed by atoms with Gasteiger partial charge in [-0.15, -0.1) is 0 Å². The Morgan fingerprint density at radius 1 is 1.06 bits per heavy atom. The van der Waals surface area contributed by atoms with E-state index in [1.807, 2.05) is 35.2 Å².